The normalized spacial score (nSPS) is 11.6. The maximum atomic E-state index is 12.9. The molecule has 2 rings (SSSR count). The van der Waals surface area contributed by atoms with Gasteiger partial charge >= 0.3 is 0 Å². The molecule has 24 heavy (non-hydrogen) atoms. The van der Waals surface area contributed by atoms with E-state index in [2.05, 4.69) is 5.32 Å². The lowest BCUT2D eigenvalue weighted by Gasteiger charge is -2.18. The molecule has 1 unspecified atom stereocenters. The number of para-hydroxylation sites is 2. The van der Waals surface area contributed by atoms with Crippen LogP contribution >= 0.6 is 0 Å². The third-order valence-corrected chi connectivity index (χ3v) is 3.63. The Morgan fingerprint density at radius 3 is 2.42 bits per heavy atom. The minimum Gasteiger partial charge on any atom is -0.493 e. The third kappa shape index (κ3) is 4.98. The molecule has 0 radical (unpaired) electrons. The molecule has 0 aliphatic rings. The molecule has 0 saturated carbocycles. The van der Waals surface area contributed by atoms with Gasteiger partial charge in [0.15, 0.2) is 17.6 Å². The summed E-state index contributed by atoms with van der Waals surface area (Å²) in [5, 5.41) is 2.86. The molecule has 0 spiro atoms. The molecular formula is C19H22FNO3. The van der Waals surface area contributed by atoms with E-state index >= 15 is 0 Å². The van der Waals surface area contributed by atoms with Crippen LogP contribution in [0, 0.1) is 5.82 Å². The number of ether oxygens (including phenoxy) is 2. The fourth-order valence-electron chi connectivity index (χ4n) is 2.29. The predicted molar refractivity (Wildman–Crippen MR) is 90.8 cm³/mol. The van der Waals surface area contributed by atoms with E-state index in [-0.39, 0.29) is 11.7 Å². The van der Waals surface area contributed by atoms with E-state index in [1.165, 1.54) is 12.1 Å². The number of carbonyl (C=O) groups is 1. The molecule has 128 valence electrons. The van der Waals surface area contributed by atoms with Crippen molar-refractivity contribution in [2.45, 2.75) is 25.9 Å². The van der Waals surface area contributed by atoms with Crippen molar-refractivity contribution in [3.8, 4) is 11.5 Å². The van der Waals surface area contributed by atoms with Gasteiger partial charge in [0, 0.05) is 6.54 Å². The lowest BCUT2D eigenvalue weighted by Crippen LogP contribution is -2.39. The maximum Gasteiger partial charge on any atom is 0.261 e. The molecule has 1 N–H and O–H groups in total. The first-order valence-corrected chi connectivity index (χ1v) is 7.96. The highest BCUT2D eigenvalue weighted by Gasteiger charge is 2.19. The van der Waals surface area contributed by atoms with Crippen molar-refractivity contribution in [1.82, 2.24) is 5.32 Å². The topological polar surface area (TPSA) is 47.6 Å². The van der Waals surface area contributed by atoms with E-state index < -0.39 is 6.10 Å². The second kappa shape index (κ2) is 8.91. The number of benzene rings is 2. The number of rotatable bonds is 8. The largest absolute Gasteiger partial charge is 0.493 e. The molecule has 0 fully saturated rings. The van der Waals surface area contributed by atoms with Gasteiger partial charge in [0.1, 0.15) is 5.82 Å². The van der Waals surface area contributed by atoms with Gasteiger partial charge in [-0.2, -0.15) is 0 Å². The van der Waals surface area contributed by atoms with Crippen molar-refractivity contribution in [1.29, 1.82) is 0 Å². The zero-order valence-electron chi connectivity index (χ0n) is 13.9. The molecule has 4 nitrogen and oxygen atoms in total. The predicted octanol–water partition coefficient (Wildman–Crippen LogP) is 3.35. The maximum absolute atomic E-state index is 12.9. The van der Waals surface area contributed by atoms with E-state index in [9.17, 15) is 9.18 Å². The second-order valence-corrected chi connectivity index (χ2v) is 5.33. The molecule has 2 aromatic carbocycles. The van der Waals surface area contributed by atoms with Crippen LogP contribution in [0.1, 0.15) is 18.9 Å². The third-order valence-electron chi connectivity index (χ3n) is 3.63. The number of hydrogen-bond donors (Lipinski definition) is 1. The van der Waals surface area contributed by atoms with Crippen molar-refractivity contribution in [2.24, 2.45) is 0 Å². The van der Waals surface area contributed by atoms with Crippen LogP contribution in [0.15, 0.2) is 48.5 Å². The zero-order chi connectivity index (χ0) is 17.4. The number of carbonyl (C=O) groups excluding carboxylic acids is 1. The van der Waals surface area contributed by atoms with Crippen LogP contribution < -0.4 is 14.8 Å². The van der Waals surface area contributed by atoms with Gasteiger partial charge in [0.2, 0.25) is 0 Å². The van der Waals surface area contributed by atoms with Crippen molar-refractivity contribution in [3.05, 3.63) is 59.9 Å². The molecular weight excluding hydrogens is 309 g/mol. The van der Waals surface area contributed by atoms with E-state index in [4.69, 9.17) is 9.47 Å². The van der Waals surface area contributed by atoms with Crippen molar-refractivity contribution >= 4 is 5.91 Å². The van der Waals surface area contributed by atoms with Crippen molar-refractivity contribution in [3.63, 3.8) is 0 Å². The summed E-state index contributed by atoms with van der Waals surface area (Å²) in [6.07, 6.45) is 0.590. The van der Waals surface area contributed by atoms with Crippen LogP contribution in [0.4, 0.5) is 4.39 Å². The monoisotopic (exact) mass is 331 g/mol. The van der Waals surface area contributed by atoms with Gasteiger partial charge in [0.25, 0.3) is 5.91 Å². The van der Waals surface area contributed by atoms with E-state index in [1.54, 1.807) is 31.4 Å². The number of hydrogen-bond acceptors (Lipinski definition) is 3. The van der Waals surface area contributed by atoms with Crippen LogP contribution in [0.5, 0.6) is 11.5 Å². The van der Waals surface area contributed by atoms with E-state index in [0.717, 1.165) is 5.56 Å². The minimum absolute atomic E-state index is 0.175. The Bertz CT molecular complexity index is 658. The van der Waals surface area contributed by atoms with Crippen molar-refractivity contribution < 1.29 is 18.7 Å². The quantitative estimate of drug-likeness (QED) is 0.807. The minimum atomic E-state index is -0.588. The SMILES string of the molecule is CCC(Oc1ccccc1OC)C(=O)NCCc1ccc(F)cc1. The Morgan fingerprint density at radius 1 is 1.12 bits per heavy atom. The second-order valence-electron chi connectivity index (χ2n) is 5.33. The first-order chi connectivity index (χ1) is 11.6. The summed E-state index contributed by atoms with van der Waals surface area (Å²) in [6, 6.07) is 13.5. The van der Waals surface area contributed by atoms with Gasteiger partial charge in [-0.1, -0.05) is 31.2 Å². The first kappa shape index (κ1) is 17.8. The van der Waals surface area contributed by atoms with Gasteiger partial charge < -0.3 is 14.8 Å². The number of halogens is 1. The summed E-state index contributed by atoms with van der Waals surface area (Å²) in [7, 11) is 1.56. The smallest absolute Gasteiger partial charge is 0.261 e. The fraction of sp³-hybridized carbons (Fsp3) is 0.316. The van der Waals surface area contributed by atoms with Gasteiger partial charge in [0.05, 0.1) is 7.11 Å². The lowest BCUT2D eigenvalue weighted by atomic mass is 10.1. The van der Waals surface area contributed by atoms with Crippen LogP contribution in [-0.2, 0) is 11.2 Å². The van der Waals surface area contributed by atoms with Gasteiger partial charge in [-0.3, -0.25) is 4.79 Å². The summed E-state index contributed by atoms with van der Waals surface area (Å²) < 4.78 is 23.9. The Morgan fingerprint density at radius 2 is 1.79 bits per heavy atom. The summed E-state index contributed by atoms with van der Waals surface area (Å²) >= 11 is 0. The molecule has 0 aliphatic heterocycles. The molecule has 1 amide bonds. The van der Waals surface area contributed by atoms with Gasteiger partial charge in [-0.15, -0.1) is 0 Å². The Kier molecular flexibility index (Phi) is 6.61. The van der Waals surface area contributed by atoms with Crippen LogP contribution in [0.3, 0.4) is 0 Å². The van der Waals surface area contributed by atoms with Gasteiger partial charge in [-0.05, 0) is 42.7 Å². The summed E-state index contributed by atoms with van der Waals surface area (Å²) in [6.45, 7) is 2.36. The zero-order valence-corrected chi connectivity index (χ0v) is 13.9. The first-order valence-electron chi connectivity index (χ1n) is 7.96. The highest BCUT2D eigenvalue weighted by molar-refractivity contribution is 5.81. The number of methoxy groups -OCH3 is 1. The van der Waals surface area contributed by atoms with Gasteiger partial charge in [-0.25, -0.2) is 4.39 Å². The van der Waals surface area contributed by atoms with E-state index in [1.807, 2.05) is 19.1 Å². The average molecular weight is 331 g/mol. The van der Waals surface area contributed by atoms with E-state index in [0.29, 0.717) is 30.9 Å². The van der Waals surface area contributed by atoms with Crippen LogP contribution in [0.25, 0.3) is 0 Å². The average Bonchev–Trinajstić information content (AvgIpc) is 2.61. The Labute approximate surface area is 141 Å². The molecule has 0 aliphatic carbocycles. The molecule has 1 atom stereocenters. The summed E-state index contributed by atoms with van der Waals surface area (Å²) in [5.41, 5.74) is 0.968. The molecule has 0 saturated heterocycles. The standard InChI is InChI=1S/C19H22FNO3/c1-3-16(24-18-7-5-4-6-17(18)23-2)19(22)21-13-12-14-8-10-15(20)11-9-14/h4-11,16H,3,12-13H2,1-2H3,(H,21,22). The number of nitrogens with one attached hydrogen (secondary N) is 1. The van der Waals surface area contributed by atoms with Crippen molar-refractivity contribution in [2.75, 3.05) is 13.7 Å². The Hall–Kier alpha value is -2.56. The summed E-state index contributed by atoms with van der Waals surface area (Å²) in [4.78, 5) is 12.3. The Balaban J connectivity index is 1.88. The molecule has 0 heterocycles. The molecule has 0 aromatic heterocycles. The molecule has 5 heteroatoms. The highest BCUT2D eigenvalue weighted by Crippen LogP contribution is 2.27. The fourth-order valence-corrected chi connectivity index (χ4v) is 2.29. The number of amides is 1. The molecule has 0 bridgehead atoms. The molecule has 2 aromatic rings. The summed E-state index contributed by atoms with van der Waals surface area (Å²) in [5.74, 6) is 0.695. The van der Waals surface area contributed by atoms with Crippen LogP contribution in [0.2, 0.25) is 0 Å². The van der Waals surface area contributed by atoms with Crippen LogP contribution in [-0.4, -0.2) is 25.7 Å². The highest BCUT2D eigenvalue weighted by atomic mass is 19.1. The lowest BCUT2D eigenvalue weighted by molar-refractivity contribution is -0.128.